The van der Waals surface area contributed by atoms with Gasteiger partial charge in [-0.25, -0.2) is 4.79 Å². The molecule has 1 saturated heterocycles. The molecule has 3 aromatic rings. The molecule has 0 spiro atoms. The third-order valence-electron chi connectivity index (χ3n) is 7.75. The van der Waals surface area contributed by atoms with Gasteiger partial charge in [0.1, 0.15) is 17.6 Å². The Labute approximate surface area is 271 Å². The van der Waals surface area contributed by atoms with Crippen molar-refractivity contribution < 1.29 is 28.6 Å². The molecule has 4 amide bonds. The fourth-order valence-electron chi connectivity index (χ4n) is 5.08. The van der Waals surface area contributed by atoms with E-state index in [-0.39, 0.29) is 30.0 Å². The lowest BCUT2D eigenvalue weighted by Gasteiger charge is -2.32. The summed E-state index contributed by atoms with van der Waals surface area (Å²) < 4.78 is 17.6. The van der Waals surface area contributed by atoms with Crippen LogP contribution < -0.4 is 30.2 Å². The van der Waals surface area contributed by atoms with Gasteiger partial charge in [-0.1, -0.05) is 13.8 Å². The number of urea groups is 1. The van der Waals surface area contributed by atoms with Gasteiger partial charge in [-0.2, -0.15) is 0 Å². The summed E-state index contributed by atoms with van der Waals surface area (Å²) in [5.41, 5.74) is 1.70. The number of likely N-dealkylation sites (N-methyl/N-ethyl adjacent to an activating group) is 1. The van der Waals surface area contributed by atoms with Crippen molar-refractivity contribution in [3.05, 3.63) is 72.3 Å². The van der Waals surface area contributed by atoms with Crippen LogP contribution in [-0.2, 0) is 4.79 Å². The molecule has 46 heavy (non-hydrogen) atoms. The van der Waals surface area contributed by atoms with Crippen molar-refractivity contribution in [2.45, 2.75) is 51.7 Å². The highest BCUT2D eigenvalue weighted by Gasteiger charge is 2.24. The molecule has 11 heteroatoms. The van der Waals surface area contributed by atoms with Gasteiger partial charge < -0.3 is 40.0 Å². The highest BCUT2D eigenvalue weighted by atomic mass is 16.5. The number of nitrogens with zero attached hydrogens (tertiary/aromatic N) is 2. The summed E-state index contributed by atoms with van der Waals surface area (Å²) in [4.78, 5) is 41.2. The minimum absolute atomic E-state index is 0.0316. The van der Waals surface area contributed by atoms with Crippen LogP contribution in [0.3, 0.4) is 0 Å². The third kappa shape index (κ3) is 9.87. The van der Waals surface area contributed by atoms with Crippen LogP contribution in [0.2, 0.25) is 0 Å². The first-order chi connectivity index (χ1) is 22.2. The Bertz CT molecular complexity index is 1450. The Morgan fingerprint density at radius 3 is 2.09 bits per heavy atom. The Hall–Kier alpha value is -4.77. The van der Waals surface area contributed by atoms with Gasteiger partial charge in [0.2, 0.25) is 5.91 Å². The predicted molar refractivity (Wildman–Crippen MR) is 179 cm³/mol. The number of carbonyl (C=O) groups is 3. The van der Waals surface area contributed by atoms with E-state index in [4.69, 9.17) is 14.2 Å². The number of nitrogens with one attached hydrogen (secondary N) is 3. The fraction of sp³-hybridized carbons (Fsp3) is 0.400. The molecule has 3 aromatic carbocycles. The van der Waals surface area contributed by atoms with Crippen molar-refractivity contribution in [3.8, 4) is 23.0 Å². The molecule has 0 aliphatic carbocycles. The maximum Gasteiger partial charge on any atom is 0.319 e. The first kappa shape index (κ1) is 34.1. The maximum absolute atomic E-state index is 12.9. The van der Waals surface area contributed by atoms with Crippen molar-refractivity contribution >= 4 is 29.2 Å². The van der Waals surface area contributed by atoms with E-state index in [1.54, 1.807) is 66.7 Å². The number of likely N-dealkylation sites (tertiary alicyclic amines) is 1. The zero-order valence-electron chi connectivity index (χ0n) is 27.3. The average molecular weight is 632 g/mol. The van der Waals surface area contributed by atoms with E-state index in [2.05, 4.69) is 16.0 Å². The van der Waals surface area contributed by atoms with Gasteiger partial charge in [-0.3, -0.25) is 9.59 Å². The van der Waals surface area contributed by atoms with Crippen LogP contribution in [0.1, 0.15) is 49.9 Å². The van der Waals surface area contributed by atoms with Crippen LogP contribution in [-0.4, -0.2) is 80.6 Å². The molecule has 1 aliphatic rings. The normalized spacial score (nSPS) is 13.3. The molecule has 1 heterocycles. The van der Waals surface area contributed by atoms with Gasteiger partial charge in [-0.05, 0) is 87.6 Å². The summed E-state index contributed by atoms with van der Waals surface area (Å²) >= 11 is 0. The van der Waals surface area contributed by atoms with Crippen LogP contribution in [0.25, 0.3) is 0 Å². The number of benzene rings is 3. The van der Waals surface area contributed by atoms with Crippen molar-refractivity contribution in [3.63, 3.8) is 0 Å². The first-order valence-electron chi connectivity index (χ1n) is 15.7. The number of hydrogen-bond donors (Lipinski definition) is 3. The molecule has 0 saturated carbocycles. The first-order valence-corrected chi connectivity index (χ1v) is 15.7. The van der Waals surface area contributed by atoms with E-state index in [0.717, 1.165) is 25.7 Å². The summed E-state index contributed by atoms with van der Waals surface area (Å²) in [7, 11) is 5.32. The van der Waals surface area contributed by atoms with Gasteiger partial charge in [0.15, 0.2) is 11.5 Å². The number of hydrogen-bond acceptors (Lipinski definition) is 7. The maximum atomic E-state index is 12.9. The van der Waals surface area contributed by atoms with Crippen LogP contribution in [0.5, 0.6) is 23.0 Å². The van der Waals surface area contributed by atoms with E-state index in [9.17, 15) is 14.4 Å². The molecular formula is C35H45N5O6. The molecule has 4 rings (SSSR count). The van der Waals surface area contributed by atoms with E-state index in [1.807, 2.05) is 37.7 Å². The number of rotatable bonds is 13. The fourth-order valence-corrected chi connectivity index (χ4v) is 5.08. The molecular weight excluding hydrogens is 586 g/mol. The minimum Gasteiger partial charge on any atom is -0.493 e. The van der Waals surface area contributed by atoms with Crippen LogP contribution in [0.4, 0.5) is 16.2 Å². The molecule has 0 aromatic heterocycles. The molecule has 0 atom stereocenters. The van der Waals surface area contributed by atoms with Gasteiger partial charge >= 0.3 is 6.03 Å². The summed E-state index contributed by atoms with van der Waals surface area (Å²) in [6.45, 7) is 5.83. The number of carbonyl (C=O) groups excluding carboxylic acids is 3. The van der Waals surface area contributed by atoms with Crippen LogP contribution in [0, 0.1) is 0 Å². The monoisotopic (exact) mass is 631 g/mol. The number of amides is 4. The largest absolute Gasteiger partial charge is 0.493 e. The van der Waals surface area contributed by atoms with Gasteiger partial charge in [0.05, 0.1) is 13.7 Å². The molecule has 0 bridgehead atoms. The second kappa shape index (κ2) is 16.5. The summed E-state index contributed by atoms with van der Waals surface area (Å²) in [6, 6.07) is 19.1. The number of anilines is 2. The highest BCUT2D eigenvalue weighted by Crippen LogP contribution is 2.34. The molecule has 1 aliphatic heterocycles. The lowest BCUT2D eigenvalue weighted by Crippen LogP contribution is -2.44. The second-order valence-electron chi connectivity index (χ2n) is 11.5. The van der Waals surface area contributed by atoms with Crippen molar-refractivity contribution in [2.75, 3.05) is 51.5 Å². The third-order valence-corrected chi connectivity index (χ3v) is 7.75. The Kier molecular flexibility index (Phi) is 12.2. The number of piperidine rings is 1. The van der Waals surface area contributed by atoms with Gasteiger partial charge in [-0.15, -0.1) is 0 Å². The lowest BCUT2D eigenvalue weighted by molar-refractivity contribution is -0.133. The molecule has 246 valence electrons. The van der Waals surface area contributed by atoms with E-state index >= 15 is 0 Å². The van der Waals surface area contributed by atoms with E-state index in [0.29, 0.717) is 59.6 Å². The smallest absolute Gasteiger partial charge is 0.319 e. The predicted octanol–water partition coefficient (Wildman–Crippen LogP) is 5.98. The van der Waals surface area contributed by atoms with Gasteiger partial charge in [0.25, 0.3) is 5.91 Å². The van der Waals surface area contributed by atoms with Crippen molar-refractivity contribution in [1.82, 2.24) is 15.1 Å². The zero-order valence-corrected chi connectivity index (χ0v) is 27.3. The second-order valence-corrected chi connectivity index (χ2v) is 11.5. The SMILES string of the molecule is CCC(CC)NC(=O)Nc1ccc(Oc2ccc(NC(=O)c3ccc(OC4CCN(C(=O)CN(C)C)CC4)cc3)cc2)c(OC)c1. The zero-order chi connectivity index (χ0) is 33.1. The molecule has 1 fully saturated rings. The standard InChI is InChI=1S/C35H45N5O6/c1-6-25(7-2)37-35(43)38-27-12-17-31(32(22-27)44-5)46-29-15-10-26(11-16-29)36-34(42)24-8-13-28(14-9-24)45-30-18-20-40(21-19-30)33(41)23-39(3)4/h8-17,22,25,30H,6-7,18-21,23H2,1-5H3,(H,36,42)(H2,37,38,43). The molecule has 0 radical (unpaired) electrons. The Balaban J connectivity index is 1.26. The number of ether oxygens (including phenoxy) is 3. The van der Waals surface area contributed by atoms with E-state index < -0.39 is 0 Å². The molecule has 3 N–H and O–H groups in total. The summed E-state index contributed by atoms with van der Waals surface area (Å²) in [5.74, 6) is 2.09. The highest BCUT2D eigenvalue weighted by molar-refractivity contribution is 6.04. The van der Waals surface area contributed by atoms with Crippen LogP contribution in [0.15, 0.2) is 66.7 Å². The summed E-state index contributed by atoms with van der Waals surface area (Å²) in [6.07, 6.45) is 3.29. The van der Waals surface area contributed by atoms with Crippen molar-refractivity contribution in [1.29, 1.82) is 0 Å². The summed E-state index contributed by atoms with van der Waals surface area (Å²) in [5, 5.41) is 8.68. The average Bonchev–Trinajstić information content (AvgIpc) is 3.05. The van der Waals surface area contributed by atoms with E-state index in [1.165, 1.54) is 7.11 Å². The lowest BCUT2D eigenvalue weighted by atomic mass is 10.1. The topological polar surface area (TPSA) is 121 Å². The quantitative estimate of drug-likeness (QED) is 0.212. The number of methoxy groups -OCH3 is 1. The van der Waals surface area contributed by atoms with Crippen molar-refractivity contribution in [2.24, 2.45) is 0 Å². The van der Waals surface area contributed by atoms with Crippen LogP contribution >= 0.6 is 0 Å². The Morgan fingerprint density at radius 2 is 1.48 bits per heavy atom. The molecule has 11 nitrogen and oxygen atoms in total. The minimum atomic E-state index is -0.270. The van der Waals surface area contributed by atoms with Gasteiger partial charge in [0, 0.05) is 55.0 Å². The molecule has 0 unspecified atom stereocenters. The Morgan fingerprint density at radius 1 is 0.848 bits per heavy atom.